The summed E-state index contributed by atoms with van der Waals surface area (Å²) in [5, 5.41) is 19.9. The summed E-state index contributed by atoms with van der Waals surface area (Å²) in [5.74, 6) is -2.88. The van der Waals surface area contributed by atoms with Crippen LogP contribution in [0.3, 0.4) is 0 Å². The Hall–Kier alpha value is -1.78. The number of carboxylic acids is 2. The molecule has 1 aliphatic rings. The Kier molecular flexibility index (Phi) is 3.91. The van der Waals surface area contributed by atoms with Crippen molar-refractivity contribution in [3.63, 3.8) is 0 Å². The van der Waals surface area contributed by atoms with Gasteiger partial charge in [-0.25, -0.2) is 9.59 Å². The van der Waals surface area contributed by atoms with E-state index >= 15 is 0 Å². The standard InChI is InChI=1S/C10H13NO4/c12-9(13)8(10(14)15)6-11-7-4-2-1-3-5-7/h4,6,11H,1-3,5H2,(H,12,13)(H,14,15). The van der Waals surface area contributed by atoms with E-state index < -0.39 is 17.5 Å². The molecular weight excluding hydrogens is 198 g/mol. The molecule has 0 aromatic heterocycles. The average molecular weight is 211 g/mol. The molecule has 3 N–H and O–H groups in total. The minimum absolute atomic E-state index is 0.651. The zero-order valence-corrected chi connectivity index (χ0v) is 8.19. The van der Waals surface area contributed by atoms with E-state index in [0.29, 0.717) is 0 Å². The Balaban J connectivity index is 2.64. The molecule has 0 amide bonds. The lowest BCUT2D eigenvalue weighted by molar-refractivity contribution is -0.140. The van der Waals surface area contributed by atoms with Crippen LogP contribution >= 0.6 is 0 Å². The SMILES string of the molecule is O=C(O)C(=CNC1=CCCCC1)C(=O)O. The van der Waals surface area contributed by atoms with Gasteiger partial charge in [-0.15, -0.1) is 0 Å². The minimum Gasteiger partial charge on any atom is -0.477 e. The maximum absolute atomic E-state index is 10.5. The van der Waals surface area contributed by atoms with Crippen molar-refractivity contribution in [2.24, 2.45) is 0 Å². The Morgan fingerprint density at radius 1 is 1.27 bits per heavy atom. The summed E-state index contributed by atoms with van der Waals surface area (Å²) < 4.78 is 0. The van der Waals surface area contributed by atoms with Crippen LogP contribution in [0.4, 0.5) is 0 Å². The average Bonchev–Trinajstić information content (AvgIpc) is 2.18. The second-order valence-corrected chi connectivity index (χ2v) is 3.29. The van der Waals surface area contributed by atoms with Gasteiger partial charge < -0.3 is 15.5 Å². The van der Waals surface area contributed by atoms with Crippen molar-refractivity contribution >= 4 is 11.9 Å². The van der Waals surface area contributed by atoms with Crippen LogP contribution in [0.5, 0.6) is 0 Å². The number of hydrogen-bond donors (Lipinski definition) is 3. The maximum atomic E-state index is 10.5. The molecule has 0 spiro atoms. The summed E-state index contributed by atoms with van der Waals surface area (Å²) in [6.45, 7) is 0. The summed E-state index contributed by atoms with van der Waals surface area (Å²) in [4.78, 5) is 21.0. The second-order valence-electron chi connectivity index (χ2n) is 3.29. The van der Waals surface area contributed by atoms with Crippen molar-refractivity contribution in [3.05, 3.63) is 23.5 Å². The van der Waals surface area contributed by atoms with Gasteiger partial charge in [-0.2, -0.15) is 0 Å². The molecule has 0 atom stereocenters. The van der Waals surface area contributed by atoms with Crippen molar-refractivity contribution in [1.29, 1.82) is 0 Å². The quantitative estimate of drug-likeness (QED) is 0.368. The molecule has 0 saturated heterocycles. The number of nitrogens with one attached hydrogen (secondary N) is 1. The first kappa shape index (κ1) is 11.3. The van der Waals surface area contributed by atoms with Crippen LogP contribution in [0.1, 0.15) is 25.7 Å². The Morgan fingerprint density at radius 3 is 2.40 bits per heavy atom. The maximum Gasteiger partial charge on any atom is 0.344 e. The number of aliphatic carboxylic acids is 2. The van der Waals surface area contributed by atoms with Crippen LogP contribution in [0.15, 0.2) is 23.5 Å². The van der Waals surface area contributed by atoms with Gasteiger partial charge in [-0.1, -0.05) is 6.08 Å². The lowest BCUT2D eigenvalue weighted by atomic mass is 10.1. The van der Waals surface area contributed by atoms with Gasteiger partial charge in [0.1, 0.15) is 0 Å². The van der Waals surface area contributed by atoms with Crippen molar-refractivity contribution < 1.29 is 19.8 Å². The third-order valence-corrected chi connectivity index (χ3v) is 2.15. The van der Waals surface area contributed by atoms with Crippen LogP contribution in [0.2, 0.25) is 0 Å². The van der Waals surface area contributed by atoms with E-state index in [4.69, 9.17) is 10.2 Å². The largest absolute Gasteiger partial charge is 0.477 e. The molecular formula is C10H13NO4. The lowest BCUT2D eigenvalue weighted by Crippen LogP contribution is -2.16. The van der Waals surface area contributed by atoms with Crippen LogP contribution < -0.4 is 5.32 Å². The van der Waals surface area contributed by atoms with Crippen LogP contribution in [0, 0.1) is 0 Å². The van der Waals surface area contributed by atoms with Gasteiger partial charge >= 0.3 is 11.9 Å². The fourth-order valence-corrected chi connectivity index (χ4v) is 1.35. The first-order valence-corrected chi connectivity index (χ1v) is 4.73. The molecule has 15 heavy (non-hydrogen) atoms. The van der Waals surface area contributed by atoms with Gasteiger partial charge in [0.15, 0.2) is 5.57 Å². The van der Waals surface area contributed by atoms with Gasteiger partial charge in [-0.05, 0) is 25.7 Å². The van der Waals surface area contributed by atoms with E-state index in [-0.39, 0.29) is 0 Å². The van der Waals surface area contributed by atoms with Crippen molar-refractivity contribution in [3.8, 4) is 0 Å². The summed E-state index contributed by atoms with van der Waals surface area (Å²) in [6, 6.07) is 0. The Labute approximate surface area is 87.1 Å². The van der Waals surface area contributed by atoms with Gasteiger partial charge in [0.25, 0.3) is 0 Å². The molecule has 1 rings (SSSR count). The molecule has 0 unspecified atom stereocenters. The van der Waals surface area contributed by atoms with Gasteiger partial charge in [0.05, 0.1) is 0 Å². The third-order valence-electron chi connectivity index (χ3n) is 2.15. The molecule has 0 aromatic carbocycles. The summed E-state index contributed by atoms with van der Waals surface area (Å²) in [6.07, 6.45) is 6.94. The molecule has 0 aromatic rings. The molecule has 0 heterocycles. The highest BCUT2D eigenvalue weighted by atomic mass is 16.4. The molecule has 5 nitrogen and oxygen atoms in total. The van der Waals surface area contributed by atoms with Crippen molar-refractivity contribution in [2.45, 2.75) is 25.7 Å². The minimum atomic E-state index is -1.44. The van der Waals surface area contributed by atoms with Crippen LogP contribution in [-0.4, -0.2) is 22.2 Å². The first-order valence-electron chi connectivity index (χ1n) is 4.73. The van der Waals surface area contributed by atoms with E-state index in [0.717, 1.165) is 37.6 Å². The molecule has 0 saturated carbocycles. The molecule has 82 valence electrons. The fraction of sp³-hybridized carbons (Fsp3) is 0.400. The normalized spacial score (nSPS) is 15.1. The van der Waals surface area contributed by atoms with E-state index in [1.807, 2.05) is 6.08 Å². The number of rotatable bonds is 4. The predicted octanol–water partition coefficient (Wildman–Crippen LogP) is 1.09. The van der Waals surface area contributed by atoms with E-state index in [2.05, 4.69) is 5.32 Å². The summed E-state index contributed by atoms with van der Waals surface area (Å²) in [7, 11) is 0. The molecule has 5 heteroatoms. The molecule has 0 aliphatic heterocycles. The van der Waals surface area contributed by atoms with E-state index in [9.17, 15) is 9.59 Å². The van der Waals surface area contributed by atoms with E-state index in [1.54, 1.807) is 0 Å². The van der Waals surface area contributed by atoms with E-state index in [1.165, 1.54) is 0 Å². The van der Waals surface area contributed by atoms with Crippen LogP contribution in [-0.2, 0) is 9.59 Å². The first-order chi connectivity index (χ1) is 7.11. The zero-order chi connectivity index (χ0) is 11.3. The molecule has 1 aliphatic carbocycles. The topological polar surface area (TPSA) is 86.6 Å². The molecule has 0 bridgehead atoms. The zero-order valence-electron chi connectivity index (χ0n) is 8.19. The lowest BCUT2D eigenvalue weighted by Gasteiger charge is -2.12. The number of carboxylic acid groups (broad SMARTS) is 2. The van der Waals surface area contributed by atoms with Gasteiger partial charge in [0, 0.05) is 11.9 Å². The molecule has 0 fully saturated rings. The van der Waals surface area contributed by atoms with Gasteiger partial charge in [-0.3, -0.25) is 0 Å². The third kappa shape index (κ3) is 3.46. The number of allylic oxidation sites excluding steroid dienone is 2. The highest BCUT2D eigenvalue weighted by molar-refractivity contribution is 6.12. The number of hydrogen-bond acceptors (Lipinski definition) is 3. The predicted molar refractivity (Wildman–Crippen MR) is 53.0 cm³/mol. The fourth-order valence-electron chi connectivity index (χ4n) is 1.35. The van der Waals surface area contributed by atoms with Crippen molar-refractivity contribution in [1.82, 2.24) is 5.32 Å². The monoisotopic (exact) mass is 211 g/mol. The van der Waals surface area contributed by atoms with Crippen LogP contribution in [0.25, 0.3) is 0 Å². The smallest absolute Gasteiger partial charge is 0.344 e. The highest BCUT2D eigenvalue weighted by Gasteiger charge is 2.15. The molecule has 0 radical (unpaired) electrons. The number of carbonyl (C=O) groups is 2. The van der Waals surface area contributed by atoms with Crippen molar-refractivity contribution in [2.75, 3.05) is 0 Å². The summed E-state index contributed by atoms with van der Waals surface area (Å²) >= 11 is 0. The van der Waals surface area contributed by atoms with Gasteiger partial charge in [0.2, 0.25) is 0 Å². The highest BCUT2D eigenvalue weighted by Crippen LogP contribution is 2.14. The Morgan fingerprint density at radius 2 is 1.93 bits per heavy atom. The summed E-state index contributed by atoms with van der Waals surface area (Å²) in [5.41, 5.74) is 0.239. The Bertz CT molecular complexity index is 314. The second kappa shape index (κ2) is 5.19.